The number of hydrogen-bond acceptors (Lipinski definition) is 4. The molecule has 0 unspecified atom stereocenters. The zero-order valence-electron chi connectivity index (χ0n) is 13.7. The second-order valence-electron chi connectivity index (χ2n) is 6.35. The number of unbranched alkanes of at least 4 members (excludes halogenated alkanes) is 1. The van der Waals surface area contributed by atoms with Crippen molar-refractivity contribution in [1.29, 1.82) is 0 Å². The van der Waals surface area contributed by atoms with E-state index in [-0.39, 0.29) is 0 Å². The summed E-state index contributed by atoms with van der Waals surface area (Å²) in [5, 5.41) is 14.8. The lowest BCUT2D eigenvalue weighted by Gasteiger charge is -2.26. The van der Waals surface area contributed by atoms with E-state index in [4.69, 9.17) is 0 Å². The maximum Gasteiger partial charge on any atom is 0.120 e. The summed E-state index contributed by atoms with van der Waals surface area (Å²) in [7, 11) is 0. The highest BCUT2D eigenvalue weighted by Crippen LogP contribution is 2.38. The Bertz CT molecular complexity index is 383. The van der Waals surface area contributed by atoms with Gasteiger partial charge in [0.15, 0.2) is 0 Å². The minimum Gasteiger partial charge on any atom is -0.317 e. The third kappa shape index (κ3) is 5.67. The van der Waals surface area contributed by atoms with Gasteiger partial charge >= 0.3 is 0 Å². The highest BCUT2D eigenvalue weighted by Gasteiger charge is 2.24. The fraction of sp³-hybridized carbons (Fsp3) is 0.882. The maximum absolute atomic E-state index is 4.47. The van der Waals surface area contributed by atoms with Crippen molar-refractivity contribution < 1.29 is 0 Å². The van der Waals surface area contributed by atoms with E-state index >= 15 is 0 Å². The molecule has 0 spiro atoms. The maximum atomic E-state index is 4.47. The number of aryl methyl sites for hydroxylation is 1. The van der Waals surface area contributed by atoms with E-state index in [0.717, 1.165) is 25.4 Å². The predicted octanol–water partition coefficient (Wildman–Crippen LogP) is 4.54. The highest BCUT2D eigenvalue weighted by atomic mass is 32.1. The van der Waals surface area contributed by atoms with Crippen molar-refractivity contribution in [2.45, 2.75) is 77.6 Å². The molecule has 0 aromatic carbocycles. The van der Waals surface area contributed by atoms with Crippen molar-refractivity contribution in [2.24, 2.45) is 5.92 Å². The molecule has 0 aliphatic heterocycles. The van der Waals surface area contributed by atoms with E-state index in [9.17, 15) is 0 Å². The number of aromatic nitrogens is 2. The minimum absolute atomic E-state index is 0.697. The van der Waals surface area contributed by atoms with E-state index in [1.807, 2.05) is 11.3 Å². The zero-order chi connectivity index (χ0) is 14.9. The second-order valence-corrected chi connectivity index (χ2v) is 7.44. The van der Waals surface area contributed by atoms with Gasteiger partial charge in [-0.15, -0.1) is 21.5 Å². The lowest BCUT2D eigenvalue weighted by atomic mass is 9.80. The summed E-state index contributed by atoms with van der Waals surface area (Å²) < 4.78 is 0. The second kappa shape index (κ2) is 9.52. The topological polar surface area (TPSA) is 37.8 Å². The summed E-state index contributed by atoms with van der Waals surface area (Å²) in [5.74, 6) is 1.68. The van der Waals surface area contributed by atoms with Crippen LogP contribution in [-0.2, 0) is 6.42 Å². The molecule has 0 bridgehead atoms. The first-order valence-corrected chi connectivity index (χ1v) is 9.68. The molecular weight excluding hydrogens is 278 g/mol. The molecular formula is C17H31N3S. The average molecular weight is 310 g/mol. The Kier molecular flexibility index (Phi) is 7.65. The normalized spacial score (nSPS) is 22.6. The first-order chi connectivity index (χ1) is 10.3. The van der Waals surface area contributed by atoms with E-state index in [1.54, 1.807) is 0 Å². The number of nitrogens with one attached hydrogen (secondary N) is 1. The molecule has 3 nitrogen and oxygen atoms in total. The van der Waals surface area contributed by atoms with Crippen LogP contribution in [0.15, 0.2) is 0 Å². The summed E-state index contributed by atoms with van der Waals surface area (Å²) in [4.78, 5) is 0. The molecule has 1 saturated carbocycles. The summed E-state index contributed by atoms with van der Waals surface area (Å²) in [5.41, 5.74) is 0. The van der Waals surface area contributed by atoms with Gasteiger partial charge in [0, 0.05) is 12.3 Å². The Morgan fingerprint density at radius 1 is 1.10 bits per heavy atom. The molecule has 0 saturated heterocycles. The van der Waals surface area contributed by atoms with Crippen molar-refractivity contribution >= 4 is 11.3 Å². The summed E-state index contributed by atoms with van der Waals surface area (Å²) >= 11 is 1.87. The molecule has 0 amide bonds. The van der Waals surface area contributed by atoms with Crippen LogP contribution in [0.2, 0.25) is 0 Å². The lowest BCUT2D eigenvalue weighted by Crippen LogP contribution is -2.14. The molecule has 1 N–H and O–H groups in total. The fourth-order valence-electron chi connectivity index (χ4n) is 3.26. The summed E-state index contributed by atoms with van der Waals surface area (Å²) in [6.07, 6.45) is 11.9. The molecule has 21 heavy (non-hydrogen) atoms. The van der Waals surface area contributed by atoms with Gasteiger partial charge in [-0.1, -0.05) is 33.1 Å². The van der Waals surface area contributed by atoms with Crippen LogP contribution in [0.4, 0.5) is 0 Å². The minimum atomic E-state index is 0.697. The third-order valence-corrected chi connectivity index (χ3v) is 5.78. The van der Waals surface area contributed by atoms with Gasteiger partial charge in [0.25, 0.3) is 0 Å². The molecule has 1 fully saturated rings. The monoisotopic (exact) mass is 309 g/mol. The van der Waals surface area contributed by atoms with Gasteiger partial charge in [-0.25, -0.2) is 0 Å². The van der Waals surface area contributed by atoms with Crippen LogP contribution in [0.5, 0.6) is 0 Å². The van der Waals surface area contributed by atoms with Crippen LogP contribution in [0.3, 0.4) is 0 Å². The molecule has 1 aromatic heterocycles. The predicted molar refractivity (Wildman–Crippen MR) is 91.0 cm³/mol. The van der Waals surface area contributed by atoms with Crippen LogP contribution < -0.4 is 5.32 Å². The zero-order valence-corrected chi connectivity index (χ0v) is 14.6. The molecule has 4 heteroatoms. The number of rotatable bonds is 9. The van der Waals surface area contributed by atoms with Gasteiger partial charge in [0.2, 0.25) is 0 Å². The van der Waals surface area contributed by atoms with E-state index in [2.05, 4.69) is 29.4 Å². The van der Waals surface area contributed by atoms with Gasteiger partial charge in [-0.3, -0.25) is 0 Å². The van der Waals surface area contributed by atoms with Crippen molar-refractivity contribution in [1.82, 2.24) is 15.5 Å². The molecule has 1 heterocycles. The van der Waals surface area contributed by atoms with Crippen LogP contribution in [0.1, 0.15) is 81.1 Å². The van der Waals surface area contributed by atoms with E-state index in [1.165, 1.54) is 61.4 Å². The average Bonchev–Trinajstić information content (AvgIpc) is 2.99. The van der Waals surface area contributed by atoms with Crippen molar-refractivity contribution in [2.75, 3.05) is 13.1 Å². The van der Waals surface area contributed by atoms with Gasteiger partial charge < -0.3 is 5.32 Å². The third-order valence-electron chi connectivity index (χ3n) is 4.64. The summed E-state index contributed by atoms with van der Waals surface area (Å²) in [6.45, 7) is 6.60. The van der Waals surface area contributed by atoms with Crippen molar-refractivity contribution in [3.63, 3.8) is 0 Å². The number of hydrogen-bond donors (Lipinski definition) is 1. The largest absolute Gasteiger partial charge is 0.317 e. The summed E-state index contributed by atoms with van der Waals surface area (Å²) in [6, 6.07) is 0. The molecule has 1 aliphatic carbocycles. The Labute approximate surface area is 133 Å². The molecule has 1 aromatic rings. The molecule has 0 radical (unpaired) electrons. The van der Waals surface area contributed by atoms with Crippen molar-refractivity contribution in [3.8, 4) is 0 Å². The van der Waals surface area contributed by atoms with Crippen LogP contribution in [-0.4, -0.2) is 23.3 Å². The smallest absolute Gasteiger partial charge is 0.120 e. The Morgan fingerprint density at radius 3 is 2.62 bits per heavy atom. The standard InChI is InChI=1S/C17H31N3S/c1-3-5-7-14-9-11-15(12-10-14)17-20-19-16(21-17)8-6-13-18-4-2/h14-15,18H,3-13H2,1-2H3. The first-order valence-electron chi connectivity index (χ1n) is 8.86. The van der Waals surface area contributed by atoms with Gasteiger partial charge in [0.1, 0.15) is 10.0 Å². The Balaban J connectivity index is 1.72. The van der Waals surface area contributed by atoms with E-state index in [0.29, 0.717) is 5.92 Å². The molecule has 120 valence electrons. The Hall–Kier alpha value is -0.480. The molecule has 0 atom stereocenters. The molecule has 1 aliphatic rings. The molecule has 2 rings (SSSR count). The quantitative estimate of drug-likeness (QED) is 0.680. The van der Waals surface area contributed by atoms with Crippen LogP contribution >= 0.6 is 11.3 Å². The number of nitrogens with zero attached hydrogens (tertiary/aromatic N) is 2. The fourth-order valence-corrected chi connectivity index (χ4v) is 4.32. The van der Waals surface area contributed by atoms with Crippen molar-refractivity contribution in [3.05, 3.63) is 10.0 Å². The van der Waals surface area contributed by atoms with Gasteiger partial charge in [0.05, 0.1) is 0 Å². The lowest BCUT2D eigenvalue weighted by molar-refractivity contribution is 0.303. The first kappa shape index (κ1) is 16.9. The van der Waals surface area contributed by atoms with Gasteiger partial charge in [-0.05, 0) is 51.1 Å². The highest BCUT2D eigenvalue weighted by molar-refractivity contribution is 7.11. The van der Waals surface area contributed by atoms with Crippen LogP contribution in [0, 0.1) is 5.92 Å². The van der Waals surface area contributed by atoms with Crippen LogP contribution in [0.25, 0.3) is 0 Å². The van der Waals surface area contributed by atoms with Gasteiger partial charge in [-0.2, -0.15) is 0 Å². The SMILES string of the molecule is CCCCC1CCC(c2nnc(CCCNCC)s2)CC1. The van der Waals surface area contributed by atoms with E-state index < -0.39 is 0 Å². The Morgan fingerprint density at radius 2 is 1.90 bits per heavy atom.